The van der Waals surface area contributed by atoms with Gasteiger partial charge in [-0.15, -0.1) is 0 Å². The van der Waals surface area contributed by atoms with Crippen molar-refractivity contribution in [1.82, 2.24) is 15.5 Å². The minimum Gasteiger partial charge on any atom is -0.497 e. The zero-order valence-electron chi connectivity index (χ0n) is 18.8. The Labute approximate surface area is 202 Å². The van der Waals surface area contributed by atoms with Gasteiger partial charge < -0.3 is 15.4 Å². The molecular formula is C25H25N3O5S. The van der Waals surface area contributed by atoms with Crippen molar-refractivity contribution in [3.63, 3.8) is 0 Å². The van der Waals surface area contributed by atoms with Gasteiger partial charge in [0, 0.05) is 19.2 Å². The Morgan fingerprint density at radius 1 is 1.06 bits per heavy atom. The number of methoxy groups -OCH3 is 1. The van der Waals surface area contributed by atoms with Crippen molar-refractivity contribution in [2.45, 2.75) is 13.0 Å². The first-order valence-electron chi connectivity index (χ1n) is 10.6. The van der Waals surface area contributed by atoms with Crippen LogP contribution in [0, 0.1) is 0 Å². The summed E-state index contributed by atoms with van der Waals surface area (Å²) in [7, 11) is 1.57. The Hall–Kier alpha value is -3.85. The topological polar surface area (TPSA) is 105 Å². The first-order valence-corrected chi connectivity index (χ1v) is 11.4. The summed E-state index contributed by atoms with van der Waals surface area (Å²) in [5, 5.41) is 4.84. The Kier molecular flexibility index (Phi) is 8.64. The highest BCUT2D eigenvalue weighted by Crippen LogP contribution is 2.31. The van der Waals surface area contributed by atoms with Gasteiger partial charge in [0.15, 0.2) is 0 Å². The second-order valence-corrected chi connectivity index (χ2v) is 8.37. The summed E-state index contributed by atoms with van der Waals surface area (Å²) in [6.07, 6.45) is 4.63. The van der Waals surface area contributed by atoms with Gasteiger partial charge in [-0.3, -0.25) is 24.1 Å². The third-order valence-electron chi connectivity index (χ3n) is 4.90. The molecule has 1 saturated heterocycles. The normalized spacial score (nSPS) is 15.6. The number of rotatable bonds is 9. The Morgan fingerprint density at radius 3 is 2.44 bits per heavy atom. The smallest absolute Gasteiger partial charge is 0.293 e. The van der Waals surface area contributed by atoms with Crippen molar-refractivity contribution in [3.8, 4) is 5.75 Å². The summed E-state index contributed by atoms with van der Waals surface area (Å²) in [6, 6.07) is 15.6. The number of amides is 4. The summed E-state index contributed by atoms with van der Waals surface area (Å²) in [4.78, 5) is 50.6. The van der Waals surface area contributed by atoms with Crippen molar-refractivity contribution in [2.75, 3.05) is 20.2 Å². The van der Waals surface area contributed by atoms with Crippen molar-refractivity contribution < 1.29 is 23.9 Å². The molecule has 1 atom stereocenters. The maximum Gasteiger partial charge on any atom is 0.293 e. The number of hydrogen-bond donors (Lipinski definition) is 2. The first-order chi connectivity index (χ1) is 16.4. The molecule has 2 aromatic carbocycles. The highest BCUT2D eigenvalue weighted by Gasteiger charge is 2.34. The van der Waals surface area contributed by atoms with Crippen LogP contribution >= 0.6 is 11.8 Å². The molecule has 176 valence electrons. The molecule has 1 fully saturated rings. The van der Waals surface area contributed by atoms with Gasteiger partial charge >= 0.3 is 0 Å². The first kappa shape index (κ1) is 24.8. The Balaban J connectivity index is 1.44. The SMILES string of the molecule is COc1ccc(/C=C/C(=O)NC(C)C(=O)NCCN2C(=O)S/C(=C\c3ccccc3)C2=O)cc1. The average Bonchev–Trinajstić information content (AvgIpc) is 3.10. The van der Waals surface area contributed by atoms with Crippen LogP contribution in [-0.2, 0) is 14.4 Å². The number of thioether (sulfide) groups is 1. The van der Waals surface area contributed by atoms with Crippen LogP contribution in [0.25, 0.3) is 12.2 Å². The summed E-state index contributed by atoms with van der Waals surface area (Å²) in [6.45, 7) is 1.68. The van der Waals surface area contributed by atoms with Crippen LogP contribution in [-0.4, -0.2) is 54.1 Å². The van der Waals surface area contributed by atoms with E-state index in [0.717, 1.165) is 27.8 Å². The van der Waals surface area contributed by atoms with E-state index in [4.69, 9.17) is 4.74 Å². The zero-order valence-corrected chi connectivity index (χ0v) is 19.6. The van der Waals surface area contributed by atoms with E-state index in [1.54, 1.807) is 50.5 Å². The van der Waals surface area contributed by atoms with Crippen LogP contribution in [0.4, 0.5) is 4.79 Å². The number of benzene rings is 2. The molecule has 0 bridgehead atoms. The van der Waals surface area contributed by atoms with Crippen molar-refractivity contribution in [1.29, 1.82) is 0 Å². The van der Waals surface area contributed by atoms with Crippen LogP contribution in [0.2, 0.25) is 0 Å². The fourth-order valence-corrected chi connectivity index (χ4v) is 3.92. The molecule has 0 aliphatic carbocycles. The number of imide groups is 1. The molecule has 4 amide bonds. The molecule has 0 spiro atoms. The second kappa shape index (κ2) is 11.9. The molecule has 3 rings (SSSR count). The molecule has 0 saturated carbocycles. The Bertz CT molecular complexity index is 1110. The van der Waals surface area contributed by atoms with Crippen molar-refractivity contribution in [2.24, 2.45) is 0 Å². The fourth-order valence-electron chi connectivity index (χ4n) is 3.05. The average molecular weight is 480 g/mol. The standard InChI is InChI=1S/C25H25N3O5S/c1-17(27-22(29)13-10-18-8-11-20(33-2)12-9-18)23(30)26-14-15-28-24(31)21(34-25(28)32)16-19-6-4-3-5-7-19/h3-13,16-17H,14-15H2,1-2H3,(H,26,30)(H,27,29)/b13-10+,21-16-. The van der Waals surface area contributed by atoms with E-state index in [-0.39, 0.29) is 18.3 Å². The van der Waals surface area contributed by atoms with Crippen molar-refractivity contribution >= 4 is 46.9 Å². The number of carbonyl (C=O) groups excluding carboxylic acids is 4. The molecule has 0 aromatic heterocycles. The summed E-state index contributed by atoms with van der Waals surface area (Å²) >= 11 is 0.870. The fraction of sp³-hybridized carbons (Fsp3) is 0.200. The van der Waals surface area contributed by atoms with E-state index in [1.807, 2.05) is 30.3 Å². The number of carbonyl (C=O) groups is 4. The molecule has 0 radical (unpaired) electrons. The summed E-state index contributed by atoms with van der Waals surface area (Å²) < 4.78 is 5.09. The quantitative estimate of drug-likeness (QED) is 0.536. The van der Waals surface area contributed by atoms with Crippen molar-refractivity contribution in [3.05, 3.63) is 76.7 Å². The molecular weight excluding hydrogens is 454 g/mol. The van der Waals surface area contributed by atoms with E-state index in [1.165, 1.54) is 6.08 Å². The molecule has 2 aromatic rings. The lowest BCUT2D eigenvalue weighted by atomic mass is 10.2. The third-order valence-corrected chi connectivity index (χ3v) is 5.81. The number of ether oxygens (including phenoxy) is 1. The molecule has 8 nitrogen and oxygen atoms in total. The zero-order chi connectivity index (χ0) is 24.5. The van der Waals surface area contributed by atoms with Crippen LogP contribution < -0.4 is 15.4 Å². The van der Waals surface area contributed by atoms with Crippen LogP contribution in [0.3, 0.4) is 0 Å². The molecule has 9 heteroatoms. The van der Waals surface area contributed by atoms with Gasteiger partial charge in [-0.2, -0.15) is 0 Å². The van der Waals surface area contributed by atoms with E-state index in [2.05, 4.69) is 10.6 Å². The van der Waals surface area contributed by atoms with Crippen LogP contribution in [0.1, 0.15) is 18.1 Å². The predicted octanol–water partition coefficient (Wildman–Crippen LogP) is 3.07. The monoisotopic (exact) mass is 479 g/mol. The second-order valence-electron chi connectivity index (χ2n) is 7.37. The number of nitrogens with zero attached hydrogens (tertiary/aromatic N) is 1. The molecule has 1 aliphatic rings. The van der Waals surface area contributed by atoms with Gasteiger partial charge in [0.2, 0.25) is 11.8 Å². The minimum atomic E-state index is -0.791. The van der Waals surface area contributed by atoms with E-state index in [9.17, 15) is 19.2 Å². The van der Waals surface area contributed by atoms with E-state index in [0.29, 0.717) is 10.7 Å². The van der Waals surface area contributed by atoms with Gasteiger partial charge in [-0.1, -0.05) is 42.5 Å². The van der Waals surface area contributed by atoms with Gasteiger partial charge in [0.25, 0.3) is 11.1 Å². The van der Waals surface area contributed by atoms with Gasteiger partial charge in [-0.05, 0) is 54.1 Å². The highest BCUT2D eigenvalue weighted by atomic mass is 32.2. The minimum absolute atomic E-state index is 0.0422. The number of hydrogen-bond acceptors (Lipinski definition) is 6. The maximum atomic E-state index is 12.5. The van der Waals surface area contributed by atoms with Gasteiger partial charge in [0.05, 0.1) is 12.0 Å². The maximum absolute atomic E-state index is 12.5. The predicted molar refractivity (Wildman–Crippen MR) is 132 cm³/mol. The largest absolute Gasteiger partial charge is 0.497 e. The molecule has 1 unspecified atom stereocenters. The van der Waals surface area contributed by atoms with Gasteiger partial charge in [-0.25, -0.2) is 0 Å². The highest BCUT2D eigenvalue weighted by molar-refractivity contribution is 8.18. The van der Waals surface area contributed by atoms with Crippen LogP contribution in [0.5, 0.6) is 5.75 Å². The molecule has 2 N–H and O–H groups in total. The summed E-state index contributed by atoms with van der Waals surface area (Å²) in [5.41, 5.74) is 1.64. The summed E-state index contributed by atoms with van der Waals surface area (Å²) in [5.74, 6) is -0.516. The van der Waals surface area contributed by atoms with Gasteiger partial charge in [0.1, 0.15) is 11.8 Å². The van der Waals surface area contributed by atoms with E-state index < -0.39 is 23.8 Å². The van der Waals surface area contributed by atoms with E-state index >= 15 is 0 Å². The molecule has 1 aliphatic heterocycles. The number of nitrogens with one attached hydrogen (secondary N) is 2. The lowest BCUT2D eigenvalue weighted by Crippen LogP contribution is -2.46. The molecule has 1 heterocycles. The third kappa shape index (κ3) is 6.82. The Morgan fingerprint density at radius 2 is 1.76 bits per heavy atom. The lowest BCUT2D eigenvalue weighted by Gasteiger charge is -2.16. The van der Waals surface area contributed by atoms with Crippen LogP contribution in [0.15, 0.2) is 65.6 Å². The lowest BCUT2D eigenvalue weighted by molar-refractivity contribution is -0.127. The molecule has 34 heavy (non-hydrogen) atoms.